The molecule has 0 aliphatic carbocycles. The van der Waals surface area contributed by atoms with Crippen LogP contribution >= 0.6 is 0 Å². The van der Waals surface area contributed by atoms with Crippen LogP contribution < -0.4 is 10.1 Å². The summed E-state index contributed by atoms with van der Waals surface area (Å²) >= 11 is 0. The van der Waals surface area contributed by atoms with Crippen LogP contribution in [-0.4, -0.2) is 40.3 Å². The summed E-state index contributed by atoms with van der Waals surface area (Å²) in [6.07, 6.45) is -0.0287. The number of carbonyl (C=O) groups is 1. The summed E-state index contributed by atoms with van der Waals surface area (Å²) in [7, 11) is 0. The Morgan fingerprint density at radius 3 is 2.53 bits per heavy atom. The van der Waals surface area contributed by atoms with Crippen molar-refractivity contribution in [2.75, 3.05) is 18.4 Å². The molecule has 0 bridgehead atoms. The normalized spacial score (nSPS) is 13.5. The zero-order valence-corrected chi connectivity index (χ0v) is 17.6. The molecule has 0 saturated carbocycles. The number of urea groups is 1. The van der Waals surface area contributed by atoms with Gasteiger partial charge in [-0.3, -0.25) is 0 Å². The van der Waals surface area contributed by atoms with Crippen LogP contribution in [0.3, 0.4) is 0 Å². The molecular weight excluding hydrogens is 404 g/mol. The molecule has 32 heavy (non-hydrogen) atoms. The van der Waals surface area contributed by atoms with Gasteiger partial charge >= 0.3 is 6.03 Å². The summed E-state index contributed by atoms with van der Waals surface area (Å²) in [5.74, 6) is 1.75. The number of hydrogen-bond acceptors (Lipinski definition) is 5. The molecule has 7 nitrogen and oxygen atoms in total. The van der Waals surface area contributed by atoms with Crippen LogP contribution in [0.15, 0.2) is 83.4 Å². The van der Waals surface area contributed by atoms with Gasteiger partial charge in [-0.05, 0) is 61.0 Å². The second-order valence-corrected chi connectivity index (χ2v) is 7.76. The van der Waals surface area contributed by atoms with Gasteiger partial charge in [0.1, 0.15) is 11.9 Å². The molecule has 2 amide bonds. The van der Waals surface area contributed by atoms with Crippen molar-refractivity contribution < 1.29 is 14.1 Å². The molecule has 1 saturated heterocycles. The maximum Gasteiger partial charge on any atom is 0.322 e. The average Bonchev–Trinajstić information content (AvgIpc) is 3.27. The number of rotatable bonds is 5. The SMILES string of the molecule is Cc1cccc(NC(=O)N2CC(Oc3ccc(-c4noc(-c5ccccc5)n4)cc3)C2)c1. The van der Waals surface area contributed by atoms with Gasteiger partial charge in [0.05, 0.1) is 13.1 Å². The van der Waals surface area contributed by atoms with Crippen LogP contribution in [0, 0.1) is 6.92 Å². The molecule has 160 valence electrons. The molecule has 1 N–H and O–H groups in total. The number of aromatic nitrogens is 2. The minimum atomic E-state index is -0.114. The lowest BCUT2D eigenvalue weighted by molar-refractivity contribution is 0.0493. The lowest BCUT2D eigenvalue weighted by Crippen LogP contribution is -2.57. The Balaban J connectivity index is 1.14. The molecule has 0 unspecified atom stereocenters. The fraction of sp³-hybridized carbons (Fsp3) is 0.160. The maximum absolute atomic E-state index is 12.3. The van der Waals surface area contributed by atoms with Crippen molar-refractivity contribution in [3.05, 3.63) is 84.4 Å². The molecule has 1 aliphatic rings. The Kier molecular flexibility index (Phi) is 5.29. The smallest absolute Gasteiger partial charge is 0.322 e. The number of nitrogens with one attached hydrogen (secondary N) is 1. The van der Waals surface area contributed by atoms with Gasteiger partial charge in [0.2, 0.25) is 5.82 Å². The van der Waals surface area contributed by atoms with E-state index in [1.54, 1.807) is 4.90 Å². The van der Waals surface area contributed by atoms with Crippen molar-refractivity contribution in [1.82, 2.24) is 15.0 Å². The van der Waals surface area contributed by atoms with Crippen LogP contribution in [0.25, 0.3) is 22.8 Å². The van der Waals surface area contributed by atoms with Crippen molar-refractivity contribution >= 4 is 11.7 Å². The zero-order valence-electron chi connectivity index (χ0n) is 17.6. The highest BCUT2D eigenvalue weighted by Gasteiger charge is 2.32. The van der Waals surface area contributed by atoms with Crippen molar-refractivity contribution in [3.8, 4) is 28.6 Å². The highest BCUT2D eigenvalue weighted by molar-refractivity contribution is 5.90. The van der Waals surface area contributed by atoms with Gasteiger partial charge in [0.25, 0.3) is 5.89 Å². The highest BCUT2D eigenvalue weighted by atomic mass is 16.5. The van der Waals surface area contributed by atoms with Gasteiger partial charge in [-0.1, -0.05) is 35.5 Å². The summed E-state index contributed by atoms with van der Waals surface area (Å²) in [4.78, 5) is 18.5. The van der Waals surface area contributed by atoms with Crippen molar-refractivity contribution in [2.45, 2.75) is 13.0 Å². The fourth-order valence-corrected chi connectivity index (χ4v) is 3.52. The monoisotopic (exact) mass is 426 g/mol. The lowest BCUT2D eigenvalue weighted by atomic mass is 10.1. The van der Waals surface area contributed by atoms with E-state index in [9.17, 15) is 4.79 Å². The number of amides is 2. The van der Waals surface area contributed by atoms with E-state index in [-0.39, 0.29) is 12.1 Å². The van der Waals surface area contributed by atoms with E-state index < -0.39 is 0 Å². The van der Waals surface area contributed by atoms with Gasteiger partial charge in [-0.25, -0.2) is 4.79 Å². The molecule has 1 aliphatic heterocycles. The summed E-state index contributed by atoms with van der Waals surface area (Å²) in [5.41, 5.74) is 3.63. The second-order valence-electron chi connectivity index (χ2n) is 7.76. The van der Waals surface area contributed by atoms with E-state index in [4.69, 9.17) is 9.26 Å². The highest BCUT2D eigenvalue weighted by Crippen LogP contribution is 2.25. The number of likely N-dealkylation sites (tertiary alicyclic amines) is 1. The first-order valence-electron chi connectivity index (χ1n) is 10.4. The molecular formula is C25H22N4O3. The standard InChI is InChI=1S/C25H22N4O3/c1-17-6-5-9-20(14-17)26-25(30)29-15-22(16-29)31-21-12-10-18(11-13-21)23-27-24(32-28-23)19-7-3-2-4-8-19/h2-14,22H,15-16H2,1H3,(H,26,30). The topological polar surface area (TPSA) is 80.5 Å². The first-order valence-corrected chi connectivity index (χ1v) is 10.4. The molecule has 7 heteroatoms. The summed E-state index contributed by atoms with van der Waals surface area (Å²) in [6.45, 7) is 3.09. The first-order chi connectivity index (χ1) is 15.6. The summed E-state index contributed by atoms with van der Waals surface area (Å²) < 4.78 is 11.4. The van der Waals surface area contributed by atoms with Crippen LogP contribution in [0.4, 0.5) is 10.5 Å². The molecule has 1 aromatic heterocycles. The largest absolute Gasteiger partial charge is 0.487 e. The van der Waals surface area contributed by atoms with Gasteiger partial charge in [0.15, 0.2) is 0 Å². The number of aryl methyl sites for hydroxylation is 1. The third-order valence-electron chi connectivity index (χ3n) is 5.27. The third kappa shape index (κ3) is 4.32. The Morgan fingerprint density at radius 2 is 1.78 bits per heavy atom. The van der Waals surface area contributed by atoms with E-state index in [0.29, 0.717) is 24.8 Å². The van der Waals surface area contributed by atoms with Crippen LogP contribution in [0.5, 0.6) is 5.75 Å². The minimum absolute atomic E-state index is 0.0287. The number of nitrogens with zero attached hydrogens (tertiary/aromatic N) is 3. The summed E-state index contributed by atoms with van der Waals surface area (Å²) in [5, 5.41) is 6.99. The van der Waals surface area contributed by atoms with E-state index in [1.807, 2.05) is 85.8 Å². The Labute approximate surface area is 185 Å². The Hall–Kier alpha value is -4.13. The fourth-order valence-electron chi connectivity index (χ4n) is 3.52. The van der Waals surface area contributed by atoms with E-state index in [2.05, 4.69) is 15.5 Å². The number of ether oxygens (including phenoxy) is 1. The molecule has 0 radical (unpaired) electrons. The van der Waals surface area contributed by atoms with Crippen LogP contribution in [0.2, 0.25) is 0 Å². The van der Waals surface area contributed by atoms with E-state index in [1.165, 1.54) is 0 Å². The molecule has 1 fully saturated rings. The minimum Gasteiger partial charge on any atom is -0.487 e. The quantitative estimate of drug-likeness (QED) is 0.485. The molecule has 2 heterocycles. The zero-order chi connectivity index (χ0) is 21.9. The van der Waals surface area contributed by atoms with E-state index in [0.717, 1.165) is 28.1 Å². The van der Waals surface area contributed by atoms with Gasteiger partial charge in [-0.2, -0.15) is 4.98 Å². The second kappa shape index (κ2) is 8.55. The van der Waals surface area contributed by atoms with Gasteiger partial charge in [0, 0.05) is 16.8 Å². The van der Waals surface area contributed by atoms with Crippen molar-refractivity contribution in [1.29, 1.82) is 0 Å². The first kappa shape index (κ1) is 19.8. The molecule has 5 rings (SSSR count). The van der Waals surface area contributed by atoms with Crippen LogP contribution in [-0.2, 0) is 0 Å². The van der Waals surface area contributed by atoms with Crippen molar-refractivity contribution in [3.63, 3.8) is 0 Å². The molecule has 3 aromatic carbocycles. The molecule has 4 aromatic rings. The Morgan fingerprint density at radius 1 is 1.00 bits per heavy atom. The summed E-state index contributed by atoms with van der Waals surface area (Å²) in [6, 6.07) is 24.8. The number of carbonyl (C=O) groups excluding carboxylic acids is 1. The average molecular weight is 426 g/mol. The third-order valence-corrected chi connectivity index (χ3v) is 5.27. The maximum atomic E-state index is 12.3. The predicted octanol–water partition coefficient (Wildman–Crippen LogP) is 5.01. The molecule has 0 atom stereocenters. The lowest BCUT2D eigenvalue weighted by Gasteiger charge is -2.38. The van der Waals surface area contributed by atoms with E-state index >= 15 is 0 Å². The Bertz CT molecular complexity index is 1220. The van der Waals surface area contributed by atoms with Gasteiger partial charge < -0.3 is 19.5 Å². The number of benzene rings is 3. The van der Waals surface area contributed by atoms with Gasteiger partial charge in [-0.15, -0.1) is 0 Å². The number of hydrogen-bond donors (Lipinski definition) is 1. The van der Waals surface area contributed by atoms with Crippen LogP contribution in [0.1, 0.15) is 5.56 Å². The predicted molar refractivity (Wildman–Crippen MR) is 121 cm³/mol. The van der Waals surface area contributed by atoms with Crippen molar-refractivity contribution in [2.24, 2.45) is 0 Å². The number of anilines is 1. The molecule has 0 spiro atoms.